The maximum absolute atomic E-state index is 11.7. The average molecular weight is 285 g/mol. The van der Waals surface area contributed by atoms with Gasteiger partial charge in [-0.3, -0.25) is 9.59 Å². The van der Waals surface area contributed by atoms with Crippen molar-refractivity contribution in [2.45, 2.75) is 25.3 Å². The summed E-state index contributed by atoms with van der Waals surface area (Å²) in [5.74, 6) is -2.04. The Bertz CT molecular complexity index is 443. The third-order valence-electron chi connectivity index (χ3n) is 2.44. The standard InChI is InChI=1S/C12H15NO5S/c1-18-11(15)3-2-9(12(16)17)13-10(14)6-8-4-5-19-7-8/h4-5,7,9H,2-3,6H2,1H3,(H,13,14)(H,16,17). The number of nitrogens with one attached hydrogen (secondary N) is 1. The van der Waals surface area contributed by atoms with E-state index in [9.17, 15) is 14.4 Å². The van der Waals surface area contributed by atoms with Crippen LogP contribution in [0.25, 0.3) is 0 Å². The highest BCUT2D eigenvalue weighted by molar-refractivity contribution is 7.07. The van der Waals surface area contributed by atoms with Gasteiger partial charge in [0.05, 0.1) is 13.5 Å². The molecule has 1 heterocycles. The Balaban J connectivity index is 2.46. The minimum absolute atomic E-state index is 0.0113. The van der Waals surface area contributed by atoms with Crippen LogP contribution < -0.4 is 5.32 Å². The fraction of sp³-hybridized carbons (Fsp3) is 0.417. The monoisotopic (exact) mass is 285 g/mol. The van der Waals surface area contributed by atoms with Crippen molar-refractivity contribution in [3.05, 3.63) is 22.4 Å². The number of rotatable bonds is 7. The van der Waals surface area contributed by atoms with Gasteiger partial charge < -0.3 is 15.2 Å². The first-order chi connectivity index (χ1) is 9.02. The second kappa shape index (κ2) is 7.52. The predicted octanol–water partition coefficient (Wildman–Crippen LogP) is 0.813. The van der Waals surface area contributed by atoms with Crippen LogP contribution >= 0.6 is 11.3 Å². The number of aliphatic carboxylic acids is 1. The first-order valence-electron chi connectivity index (χ1n) is 5.63. The van der Waals surface area contributed by atoms with Crippen molar-refractivity contribution in [3.63, 3.8) is 0 Å². The van der Waals surface area contributed by atoms with Crippen LogP contribution in [0.2, 0.25) is 0 Å². The molecule has 0 aliphatic carbocycles. The molecule has 104 valence electrons. The number of amides is 1. The van der Waals surface area contributed by atoms with Crippen LogP contribution in [0.4, 0.5) is 0 Å². The van der Waals surface area contributed by atoms with E-state index in [4.69, 9.17) is 5.11 Å². The molecule has 1 aromatic heterocycles. The van der Waals surface area contributed by atoms with Crippen molar-refractivity contribution in [2.75, 3.05) is 7.11 Å². The summed E-state index contributed by atoms with van der Waals surface area (Å²) in [5, 5.41) is 15.0. The third-order valence-corrected chi connectivity index (χ3v) is 3.17. The van der Waals surface area contributed by atoms with E-state index in [1.165, 1.54) is 18.4 Å². The van der Waals surface area contributed by atoms with Crippen LogP contribution in [-0.2, 0) is 25.5 Å². The number of esters is 1. The average Bonchev–Trinajstić information content (AvgIpc) is 2.86. The topological polar surface area (TPSA) is 92.7 Å². The zero-order valence-corrected chi connectivity index (χ0v) is 11.2. The molecule has 1 aromatic rings. The Morgan fingerprint density at radius 2 is 2.21 bits per heavy atom. The Morgan fingerprint density at radius 1 is 1.47 bits per heavy atom. The molecule has 0 bridgehead atoms. The molecule has 6 nitrogen and oxygen atoms in total. The van der Waals surface area contributed by atoms with Gasteiger partial charge in [-0.25, -0.2) is 4.79 Å². The molecule has 0 radical (unpaired) electrons. The molecule has 1 atom stereocenters. The van der Waals surface area contributed by atoms with Gasteiger partial charge in [0.15, 0.2) is 0 Å². The van der Waals surface area contributed by atoms with Gasteiger partial charge in [0.1, 0.15) is 6.04 Å². The summed E-state index contributed by atoms with van der Waals surface area (Å²) < 4.78 is 4.43. The Hall–Kier alpha value is -1.89. The molecule has 0 aliphatic heterocycles. The molecule has 0 spiro atoms. The molecule has 2 N–H and O–H groups in total. The maximum Gasteiger partial charge on any atom is 0.326 e. The van der Waals surface area contributed by atoms with Crippen LogP contribution in [0.15, 0.2) is 16.8 Å². The van der Waals surface area contributed by atoms with E-state index >= 15 is 0 Å². The summed E-state index contributed by atoms with van der Waals surface area (Å²) in [7, 11) is 1.23. The van der Waals surface area contributed by atoms with E-state index in [1.807, 2.05) is 10.8 Å². The van der Waals surface area contributed by atoms with E-state index in [2.05, 4.69) is 10.1 Å². The highest BCUT2D eigenvalue weighted by atomic mass is 32.1. The Morgan fingerprint density at radius 3 is 2.74 bits per heavy atom. The molecular formula is C12H15NO5S. The summed E-state index contributed by atoms with van der Waals surface area (Å²) in [6.07, 6.45) is 0.0923. The number of methoxy groups -OCH3 is 1. The van der Waals surface area contributed by atoms with Gasteiger partial charge in [0.2, 0.25) is 5.91 Å². The highest BCUT2D eigenvalue weighted by Gasteiger charge is 2.21. The van der Waals surface area contributed by atoms with Gasteiger partial charge in [-0.2, -0.15) is 11.3 Å². The first-order valence-corrected chi connectivity index (χ1v) is 6.57. The van der Waals surface area contributed by atoms with Crippen LogP contribution in [0.1, 0.15) is 18.4 Å². The van der Waals surface area contributed by atoms with E-state index in [-0.39, 0.29) is 25.2 Å². The molecule has 19 heavy (non-hydrogen) atoms. The maximum atomic E-state index is 11.7. The lowest BCUT2D eigenvalue weighted by Gasteiger charge is -2.13. The van der Waals surface area contributed by atoms with Gasteiger partial charge >= 0.3 is 11.9 Å². The molecule has 0 saturated heterocycles. The lowest BCUT2D eigenvalue weighted by molar-refractivity contribution is -0.144. The van der Waals surface area contributed by atoms with Crippen LogP contribution in [-0.4, -0.2) is 36.1 Å². The number of hydrogen-bond donors (Lipinski definition) is 2. The molecule has 0 aromatic carbocycles. The second-order valence-corrected chi connectivity index (χ2v) is 4.66. The minimum atomic E-state index is -1.16. The van der Waals surface area contributed by atoms with Crippen molar-refractivity contribution in [1.29, 1.82) is 0 Å². The molecular weight excluding hydrogens is 270 g/mol. The third kappa shape index (κ3) is 5.52. The number of ether oxygens (including phenoxy) is 1. The van der Waals surface area contributed by atoms with E-state index in [0.717, 1.165) is 5.56 Å². The summed E-state index contributed by atoms with van der Waals surface area (Å²) >= 11 is 1.47. The zero-order chi connectivity index (χ0) is 14.3. The molecule has 0 saturated carbocycles. The first kappa shape index (κ1) is 15.2. The SMILES string of the molecule is COC(=O)CCC(NC(=O)Cc1ccsc1)C(=O)O. The zero-order valence-electron chi connectivity index (χ0n) is 10.4. The lowest BCUT2D eigenvalue weighted by Crippen LogP contribution is -2.41. The molecule has 7 heteroatoms. The van der Waals surface area contributed by atoms with Gasteiger partial charge in [0.25, 0.3) is 0 Å². The summed E-state index contributed by atoms with van der Waals surface area (Å²) in [6, 6.07) is 0.722. The van der Waals surface area contributed by atoms with E-state index in [0.29, 0.717) is 0 Å². The Kier molecular flexibility index (Phi) is 6.01. The molecule has 0 aliphatic rings. The number of carbonyl (C=O) groups excluding carboxylic acids is 2. The summed E-state index contributed by atoms with van der Waals surface area (Å²) in [5.41, 5.74) is 0.833. The van der Waals surface area contributed by atoms with Crippen molar-refractivity contribution >= 4 is 29.2 Å². The summed E-state index contributed by atoms with van der Waals surface area (Å²) in [6.45, 7) is 0. The van der Waals surface area contributed by atoms with Crippen molar-refractivity contribution in [1.82, 2.24) is 5.32 Å². The predicted molar refractivity (Wildman–Crippen MR) is 68.8 cm³/mol. The minimum Gasteiger partial charge on any atom is -0.480 e. The van der Waals surface area contributed by atoms with Crippen molar-refractivity contribution < 1.29 is 24.2 Å². The fourth-order valence-electron chi connectivity index (χ4n) is 1.45. The molecule has 0 fully saturated rings. The number of carboxylic acid groups (broad SMARTS) is 1. The molecule has 1 unspecified atom stereocenters. The largest absolute Gasteiger partial charge is 0.480 e. The number of thiophene rings is 1. The van der Waals surface area contributed by atoms with Gasteiger partial charge in [-0.15, -0.1) is 0 Å². The molecule has 1 amide bonds. The highest BCUT2D eigenvalue weighted by Crippen LogP contribution is 2.07. The van der Waals surface area contributed by atoms with Crippen molar-refractivity contribution in [2.24, 2.45) is 0 Å². The van der Waals surface area contributed by atoms with E-state index < -0.39 is 18.0 Å². The normalized spacial score (nSPS) is 11.6. The molecule has 1 rings (SSSR count). The lowest BCUT2D eigenvalue weighted by atomic mass is 10.1. The smallest absolute Gasteiger partial charge is 0.326 e. The van der Waals surface area contributed by atoms with Gasteiger partial charge in [-0.05, 0) is 28.8 Å². The van der Waals surface area contributed by atoms with Crippen molar-refractivity contribution in [3.8, 4) is 0 Å². The van der Waals surface area contributed by atoms with Gasteiger partial charge in [-0.1, -0.05) is 0 Å². The van der Waals surface area contributed by atoms with Crippen LogP contribution in [0, 0.1) is 0 Å². The number of carboxylic acids is 1. The fourth-order valence-corrected chi connectivity index (χ4v) is 2.11. The Labute approximate surface area is 114 Å². The van der Waals surface area contributed by atoms with E-state index in [1.54, 1.807) is 6.07 Å². The number of hydrogen-bond acceptors (Lipinski definition) is 5. The van der Waals surface area contributed by atoms with Crippen LogP contribution in [0.3, 0.4) is 0 Å². The number of carbonyl (C=O) groups is 3. The van der Waals surface area contributed by atoms with Crippen LogP contribution in [0.5, 0.6) is 0 Å². The quantitative estimate of drug-likeness (QED) is 0.723. The summed E-state index contributed by atoms with van der Waals surface area (Å²) in [4.78, 5) is 33.6. The van der Waals surface area contributed by atoms with Gasteiger partial charge in [0, 0.05) is 6.42 Å². The second-order valence-electron chi connectivity index (χ2n) is 3.88.